The number of carbonyl (C=O) groups is 4. The van der Waals surface area contributed by atoms with Gasteiger partial charge in [-0.05, 0) is 108 Å². The molecule has 3 amide bonds. The lowest BCUT2D eigenvalue weighted by atomic mass is 9.92. The fourth-order valence-corrected chi connectivity index (χ4v) is 10.8. The summed E-state index contributed by atoms with van der Waals surface area (Å²) in [5, 5.41) is 14.6. The molecule has 3 aromatic carbocycles. The molecule has 3 aliphatic heterocycles. The highest BCUT2D eigenvalue weighted by atomic mass is 35.5. The number of terminal acetylenes is 1. The Morgan fingerprint density at radius 1 is 1.08 bits per heavy atom. The number of aliphatic carboxylic acids is 1. The Morgan fingerprint density at radius 3 is 2.36 bits per heavy atom. The number of carboxylic acid groups (broad SMARTS) is 1. The summed E-state index contributed by atoms with van der Waals surface area (Å²) in [5.41, 5.74) is 9.60. The van der Waals surface area contributed by atoms with Crippen molar-refractivity contribution in [3.8, 4) is 23.8 Å². The summed E-state index contributed by atoms with van der Waals surface area (Å²) < 4.78 is 47.7. The average Bonchev–Trinajstić information content (AvgIpc) is 2.36. The number of nitrogens with zero attached hydrogens (tertiary/aromatic N) is 9. The maximum Gasteiger partial charge on any atom is 0.320 e. The number of methoxy groups -OCH3 is 1. The van der Waals surface area contributed by atoms with Gasteiger partial charge in [0.25, 0.3) is 11.8 Å². The third-order valence-electron chi connectivity index (χ3n) is 12.7. The molecule has 5 aromatic rings. The fourth-order valence-electron chi connectivity index (χ4n) is 8.79. The molecular formula is C58H78Cl4FN12O10PS. The molecule has 8 rings (SSSR count). The lowest BCUT2D eigenvalue weighted by molar-refractivity contribution is -0.138. The van der Waals surface area contributed by atoms with E-state index in [1.807, 2.05) is 89.4 Å². The number of carbonyl (C=O) groups excluding carboxylic acids is 3. The Kier molecular flexibility index (Phi) is 28.2. The second kappa shape index (κ2) is 33.5. The summed E-state index contributed by atoms with van der Waals surface area (Å²) in [5.74, 6) is 3.02. The van der Waals surface area contributed by atoms with Crippen LogP contribution in [0.25, 0.3) is 0 Å². The molecule has 0 spiro atoms. The number of fused-ring (bicyclic) bond motifs is 3. The number of carboxylic acids is 1. The van der Waals surface area contributed by atoms with E-state index in [9.17, 15) is 28.1 Å². The summed E-state index contributed by atoms with van der Waals surface area (Å²) in [6.45, 7) is 23.9. The third-order valence-corrected chi connectivity index (χ3v) is 15.3. The largest absolute Gasteiger partial charge is 0.489 e. The zero-order chi connectivity index (χ0) is 65.1. The number of alkyl halides is 3. The number of rotatable bonds is 16. The minimum absolute atomic E-state index is 0.0223. The van der Waals surface area contributed by atoms with Gasteiger partial charge in [-0.2, -0.15) is 19.3 Å². The normalized spacial score (nSPS) is 16.0. The molecular weight excluding hydrogens is 1250 g/mol. The number of nitrogens with two attached hydrogens (primary N) is 1. The van der Waals surface area contributed by atoms with Crippen LogP contribution in [0.15, 0.2) is 59.6 Å². The predicted molar refractivity (Wildman–Crippen MR) is 344 cm³/mol. The quantitative estimate of drug-likeness (QED) is 0.0349. The van der Waals surface area contributed by atoms with Gasteiger partial charge in [-0.1, -0.05) is 80.2 Å². The summed E-state index contributed by atoms with van der Waals surface area (Å²) >= 11 is 24.0. The van der Waals surface area contributed by atoms with Crippen LogP contribution in [0.4, 0.5) is 39.0 Å². The fraction of sp³-hybridized carbons (Fsp3) is 0.500. The van der Waals surface area contributed by atoms with Crippen LogP contribution in [-0.4, -0.2) is 145 Å². The Hall–Kier alpha value is -6.13. The number of benzene rings is 3. The summed E-state index contributed by atoms with van der Waals surface area (Å²) in [7, 11) is -1.47. The zero-order valence-electron chi connectivity index (χ0n) is 50.9. The smallest absolute Gasteiger partial charge is 0.320 e. The average molecular weight is 1330 g/mol. The van der Waals surface area contributed by atoms with Crippen molar-refractivity contribution in [2.24, 2.45) is 16.1 Å². The van der Waals surface area contributed by atoms with Gasteiger partial charge in [0.2, 0.25) is 27.9 Å². The van der Waals surface area contributed by atoms with Gasteiger partial charge in [-0.25, -0.2) is 9.38 Å². The molecule has 0 saturated carbocycles. The van der Waals surface area contributed by atoms with E-state index in [2.05, 4.69) is 67.7 Å². The van der Waals surface area contributed by atoms with Gasteiger partial charge >= 0.3 is 5.97 Å². The van der Waals surface area contributed by atoms with Gasteiger partial charge in [0.1, 0.15) is 41.5 Å². The number of aryl methyl sites for hydroxylation is 2. The standard InChI is InChI=1S/C18H17FN4O2S.C15H22ClNO2.C11H11Cl2NO2.C9H16ClN5.C5H12NO4P/c1-4-5-22-13-7-12(11(19)6-14(13)25-9-16(22)24)20-17-23-10-18(2,3)8-15(23)21-26-17;1-5-13-8-6-7-11(2)15(13)17(14(18)9-16)12(3)10-19-4;1-7-6-16-9-5-3-2-4-8(9)14(7)11(15)10(12)13;1-5-11-7-12-6(10)13-8(14-7)15-9(2,3)4;1-11(9,10)3-2-4(6)5(7)8/h1,6-7H,5,8-10H2,2-3H3;6-8,12H,5,9-10H2,1-4H3;2-5,7,10H,6H2,1H3;5H2,1-4H3,(H2,11,12,13,14,15);4H,2-3,6H2,1H3,(H,7,8)(H,9,10). The van der Waals surface area contributed by atoms with Gasteiger partial charge in [0, 0.05) is 62.6 Å². The van der Waals surface area contributed by atoms with E-state index in [0.717, 1.165) is 54.3 Å². The van der Waals surface area contributed by atoms with Crippen LogP contribution in [0.3, 0.4) is 0 Å². The van der Waals surface area contributed by atoms with E-state index in [1.54, 1.807) is 16.9 Å². The van der Waals surface area contributed by atoms with Crippen LogP contribution >= 0.6 is 65.3 Å². The van der Waals surface area contributed by atoms with Crippen molar-refractivity contribution in [3.63, 3.8) is 0 Å². The number of aromatic nitrogens is 5. The molecule has 2 aromatic heterocycles. The lowest BCUT2D eigenvalue weighted by Gasteiger charge is -2.35. The monoisotopic (exact) mass is 1320 g/mol. The van der Waals surface area contributed by atoms with Crippen LogP contribution in [0, 0.1) is 30.5 Å². The van der Waals surface area contributed by atoms with Gasteiger partial charge < -0.3 is 54.9 Å². The molecule has 0 saturated heterocycles. The van der Waals surface area contributed by atoms with Crippen molar-refractivity contribution in [2.75, 3.05) is 84.1 Å². The lowest BCUT2D eigenvalue weighted by Crippen LogP contribution is -2.47. The second-order valence-corrected chi connectivity index (χ2v) is 27.1. The Balaban J connectivity index is 0.000000240. The number of hydrogen-bond donors (Lipinski definition) is 5. The van der Waals surface area contributed by atoms with E-state index < -0.39 is 30.0 Å². The molecule has 4 unspecified atom stereocenters. The number of nitrogens with one attached hydrogen (secondary N) is 2. The number of anilines is 5. The van der Waals surface area contributed by atoms with Gasteiger partial charge in [-0.15, -0.1) is 18.0 Å². The predicted octanol–water partition coefficient (Wildman–Crippen LogP) is 9.88. The molecule has 5 heterocycles. The van der Waals surface area contributed by atoms with Crippen LogP contribution in [0.1, 0.15) is 85.7 Å². The minimum Gasteiger partial charge on any atom is -0.489 e. The molecule has 0 fully saturated rings. The summed E-state index contributed by atoms with van der Waals surface area (Å²) in [4.78, 5) is 75.9. The maximum atomic E-state index is 14.5. The first-order valence-corrected chi connectivity index (χ1v) is 32.4. The molecule has 0 radical (unpaired) electrons. The number of halogens is 5. The van der Waals surface area contributed by atoms with Crippen molar-refractivity contribution >= 4 is 124 Å². The first kappa shape index (κ1) is 73.3. The van der Waals surface area contributed by atoms with Crippen molar-refractivity contribution < 1.29 is 52.3 Å². The van der Waals surface area contributed by atoms with Gasteiger partial charge in [0.05, 0.1) is 42.3 Å². The van der Waals surface area contributed by atoms with Crippen molar-refractivity contribution in [2.45, 2.75) is 124 Å². The number of amides is 3. The molecule has 6 N–H and O–H groups in total. The molecule has 0 bridgehead atoms. The Labute approximate surface area is 531 Å². The molecule has 4 atom stereocenters. The molecule has 0 aliphatic carbocycles. The molecule has 476 valence electrons. The maximum absolute atomic E-state index is 14.5. The van der Waals surface area contributed by atoms with Crippen molar-refractivity contribution in [3.05, 3.63) is 87.5 Å². The summed E-state index contributed by atoms with van der Waals surface area (Å²) in [6, 6.07) is 15.0. The Morgan fingerprint density at radius 2 is 1.76 bits per heavy atom. The van der Waals surface area contributed by atoms with Gasteiger partial charge in [0.15, 0.2) is 24.6 Å². The van der Waals surface area contributed by atoms with Crippen LogP contribution in [-0.2, 0) is 47.9 Å². The van der Waals surface area contributed by atoms with Crippen LogP contribution < -0.4 is 45.3 Å². The first-order chi connectivity index (χ1) is 40.8. The van der Waals surface area contributed by atoms with Gasteiger partial charge in [-0.3, -0.25) is 28.6 Å². The van der Waals surface area contributed by atoms with E-state index in [-0.39, 0.29) is 83.3 Å². The third kappa shape index (κ3) is 22.1. The number of ether oxygens (including phenoxy) is 3. The van der Waals surface area contributed by atoms with E-state index in [4.69, 9.17) is 82.8 Å². The van der Waals surface area contributed by atoms with E-state index in [1.165, 1.54) is 35.2 Å². The molecule has 3 aliphatic rings. The highest BCUT2D eigenvalue weighted by Gasteiger charge is 2.34. The first-order valence-electron chi connectivity index (χ1n) is 27.6. The number of hydrogen-bond acceptors (Lipinski definition) is 17. The SMILES string of the molecule is C#CCN1C(=O)COc2cc(F)c(N=c3snc4n3CC(C)(C)C4)cc21.CC1COc2ccccc2N1C(=O)C(Cl)Cl.CCNc1nc(Cl)nc(NC(C)(C)C)n1.CCc1cccc(C)c1N(C(=O)CCl)C(C)COC.CP(=O)(O)CCC(N)C(=O)O. The second-order valence-electron chi connectivity index (χ2n) is 22.1. The summed E-state index contributed by atoms with van der Waals surface area (Å²) in [6.07, 6.45) is 7.09. The highest BCUT2D eigenvalue weighted by molar-refractivity contribution is 7.57. The molecule has 29 heteroatoms. The zero-order valence-corrected chi connectivity index (χ0v) is 55.6. The van der Waals surface area contributed by atoms with Crippen LogP contribution in [0.2, 0.25) is 5.28 Å². The van der Waals surface area contributed by atoms with Crippen LogP contribution in [0.5, 0.6) is 11.5 Å². The Bertz CT molecular complexity index is 3340. The highest BCUT2D eigenvalue weighted by Crippen LogP contribution is 2.39. The van der Waals surface area contributed by atoms with E-state index in [0.29, 0.717) is 47.1 Å². The van der Waals surface area contributed by atoms with Crippen molar-refractivity contribution in [1.82, 2.24) is 23.9 Å². The molecule has 22 nitrogen and oxygen atoms in total. The van der Waals surface area contributed by atoms with E-state index >= 15 is 0 Å². The number of para-hydroxylation sites is 3. The molecule has 87 heavy (non-hydrogen) atoms. The van der Waals surface area contributed by atoms with Crippen molar-refractivity contribution in [1.29, 1.82) is 0 Å². The topological polar surface area (TPSA) is 282 Å². The minimum atomic E-state index is -3.10.